The molecule has 1 saturated carbocycles. The van der Waals surface area contributed by atoms with Crippen LogP contribution in [0.25, 0.3) is 0 Å². The van der Waals surface area contributed by atoms with Crippen molar-refractivity contribution < 1.29 is 13.9 Å². The average Bonchev–Trinajstić information content (AvgIpc) is 3.42. The molecule has 3 N–H and O–H groups in total. The molecule has 0 radical (unpaired) electrons. The van der Waals surface area contributed by atoms with Crippen molar-refractivity contribution in [2.45, 2.75) is 56.0 Å². The maximum Gasteiger partial charge on any atom is 0.243 e. The van der Waals surface area contributed by atoms with Gasteiger partial charge in [-0.05, 0) is 62.6 Å². The lowest BCUT2D eigenvalue weighted by Gasteiger charge is -2.34. The van der Waals surface area contributed by atoms with Crippen LogP contribution in [0.1, 0.15) is 37.2 Å². The minimum Gasteiger partial charge on any atom is -0.490 e. The number of piperidine rings is 1. The van der Waals surface area contributed by atoms with E-state index in [0.29, 0.717) is 12.8 Å². The molecule has 5 unspecified atom stereocenters. The smallest absolute Gasteiger partial charge is 0.243 e. The molecule has 5 rings (SSSR count). The highest BCUT2D eigenvalue weighted by Gasteiger charge is 2.47. The van der Waals surface area contributed by atoms with Crippen LogP contribution in [0.2, 0.25) is 0 Å². The van der Waals surface area contributed by atoms with Crippen molar-refractivity contribution in [3.63, 3.8) is 0 Å². The predicted molar refractivity (Wildman–Crippen MR) is 124 cm³/mol. The Labute approximate surface area is 193 Å². The van der Waals surface area contributed by atoms with Crippen LogP contribution in [0.3, 0.4) is 0 Å². The monoisotopic (exact) mass is 456 g/mol. The number of ether oxygens (including phenoxy) is 1. The molecule has 2 aliphatic heterocycles. The molecule has 1 aromatic carbocycles. The van der Waals surface area contributed by atoms with E-state index in [-0.39, 0.29) is 29.9 Å². The zero-order valence-corrected chi connectivity index (χ0v) is 19.2. The van der Waals surface area contributed by atoms with E-state index in [2.05, 4.69) is 33.2 Å². The molecular formula is C24H33FN6O2. The zero-order chi connectivity index (χ0) is 22.9. The van der Waals surface area contributed by atoms with Crippen LogP contribution >= 0.6 is 0 Å². The summed E-state index contributed by atoms with van der Waals surface area (Å²) in [6.45, 7) is 2.10. The van der Waals surface area contributed by atoms with E-state index in [1.54, 1.807) is 10.9 Å². The fourth-order valence-electron chi connectivity index (χ4n) is 5.39. The molecule has 1 aliphatic carbocycles. The van der Waals surface area contributed by atoms with Crippen molar-refractivity contribution in [1.82, 2.24) is 25.5 Å². The number of aromatic nitrogens is 2. The van der Waals surface area contributed by atoms with Gasteiger partial charge in [0.15, 0.2) is 0 Å². The lowest BCUT2D eigenvalue weighted by atomic mass is 9.73. The summed E-state index contributed by atoms with van der Waals surface area (Å²) < 4.78 is 22.7. The summed E-state index contributed by atoms with van der Waals surface area (Å²) >= 11 is 0. The zero-order valence-electron chi connectivity index (χ0n) is 19.2. The Bertz CT molecular complexity index is 958. The summed E-state index contributed by atoms with van der Waals surface area (Å²) in [7, 11) is 3.97. The molecule has 2 saturated heterocycles. The highest BCUT2D eigenvalue weighted by Crippen LogP contribution is 2.41. The van der Waals surface area contributed by atoms with E-state index >= 15 is 0 Å². The number of halogens is 1. The van der Waals surface area contributed by atoms with Gasteiger partial charge in [-0.3, -0.25) is 14.9 Å². The SMILES string of the molecule is CN1CCC(Oc2ccc(NC(=O)C3NNC4CC(F)C(c5cnn(C)c5)CC43)cc2)CC1. The first-order chi connectivity index (χ1) is 16.0. The van der Waals surface area contributed by atoms with Gasteiger partial charge in [-0.25, -0.2) is 9.82 Å². The van der Waals surface area contributed by atoms with Gasteiger partial charge in [0, 0.05) is 49.9 Å². The van der Waals surface area contributed by atoms with E-state index in [1.165, 1.54) is 0 Å². The van der Waals surface area contributed by atoms with Gasteiger partial charge in [0.25, 0.3) is 0 Å². The third-order valence-corrected chi connectivity index (χ3v) is 7.34. The maximum atomic E-state index is 14.9. The standard InChI is InChI=1S/C24H33FN6O2/c1-30-9-7-18(8-10-30)33-17-5-3-16(4-6-17)27-24(32)23-20-11-19(15-13-26-31(2)14-15)21(25)12-22(20)28-29-23/h3-6,13-14,18-23,28-29H,7-12H2,1-2H3,(H,27,32). The average molecular weight is 457 g/mol. The van der Waals surface area contributed by atoms with Crippen LogP contribution in [-0.4, -0.2) is 65.1 Å². The summed E-state index contributed by atoms with van der Waals surface area (Å²) in [5.41, 5.74) is 7.88. The van der Waals surface area contributed by atoms with E-state index in [4.69, 9.17) is 4.74 Å². The topological polar surface area (TPSA) is 83.4 Å². The molecule has 178 valence electrons. The fourth-order valence-corrected chi connectivity index (χ4v) is 5.39. The van der Waals surface area contributed by atoms with Gasteiger partial charge in [-0.15, -0.1) is 0 Å². The van der Waals surface area contributed by atoms with Gasteiger partial charge < -0.3 is 15.0 Å². The molecule has 3 aliphatic rings. The minimum absolute atomic E-state index is 0.00856. The molecule has 33 heavy (non-hydrogen) atoms. The van der Waals surface area contributed by atoms with Crippen LogP contribution in [0.5, 0.6) is 5.75 Å². The number of carbonyl (C=O) groups is 1. The largest absolute Gasteiger partial charge is 0.490 e. The summed E-state index contributed by atoms with van der Waals surface area (Å²) in [6.07, 6.45) is 5.92. The second kappa shape index (κ2) is 9.40. The summed E-state index contributed by atoms with van der Waals surface area (Å²) in [5, 5.41) is 7.21. The molecule has 0 spiro atoms. The Hall–Kier alpha value is -2.49. The third-order valence-electron chi connectivity index (χ3n) is 7.34. The number of amides is 1. The molecule has 9 heteroatoms. The molecule has 3 heterocycles. The summed E-state index contributed by atoms with van der Waals surface area (Å²) in [5.74, 6) is 0.479. The van der Waals surface area contributed by atoms with Crippen molar-refractivity contribution in [2.24, 2.45) is 13.0 Å². The number of aryl methyl sites for hydroxylation is 1. The quantitative estimate of drug-likeness (QED) is 0.640. The molecule has 5 atom stereocenters. The van der Waals surface area contributed by atoms with Crippen molar-refractivity contribution >= 4 is 11.6 Å². The van der Waals surface area contributed by atoms with Crippen molar-refractivity contribution in [1.29, 1.82) is 0 Å². The van der Waals surface area contributed by atoms with Crippen LogP contribution in [-0.2, 0) is 11.8 Å². The van der Waals surface area contributed by atoms with E-state index in [0.717, 1.165) is 42.9 Å². The first-order valence-electron chi connectivity index (χ1n) is 11.9. The van der Waals surface area contributed by atoms with Crippen LogP contribution < -0.4 is 20.9 Å². The Morgan fingerprint density at radius 1 is 1.15 bits per heavy atom. The molecule has 3 fully saturated rings. The van der Waals surface area contributed by atoms with Gasteiger partial charge >= 0.3 is 0 Å². The Balaban J connectivity index is 1.19. The van der Waals surface area contributed by atoms with Crippen molar-refractivity contribution in [3.05, 3.63) is 42.2 Å². The molecular weight excluding hydrogens is 423 g/mol. The minimum atomic E-state index is -0.955. The number of fused-ring (bicyclic) bond motifs is 1. The number of hydrazine groups is 1. The predicted octanol–water partition coefficient (Wildman–Crippen LogP) is 2.21. The molecule has 1 amide bonds. The molecule has 8 nitrogen and oxygen atoms in total. The lowest BCUT2D eigenvalue weighted by Crippen LogP contribution is -2.43. The normalized spacial score (nSPS) is 30.7. The van der Waals surface area contributed by atoms with Crippen LogP contribution in [0.4, 0.5) is 10.1 Å². The van der Waals surface area contributed by atoms with Gasteiger partial charge in [0.1, 0.15) is 24.1 Å². The number of likely N-dealkylation sites (tertiary alicyclic amines) is 1. The van der Waals surface area contributed by atoms with Gasteiger partial charge in [-0.2, -0.15) is 5.10 Å². The number of hydrogen-bond acceptors (Lipinski definition) is 6. The number of benzene rings is 1. The highest BCUT2D eigenvalue weighted by atomic mass is 19.1. The Kier molecular flexibility index (Phi) is 6.36. The highest BCUT2D eigenvalue weighted by molar-refractivity contribution is 5.95. The second-order valence-corrected chi connectivity index (χ2v) is 9.71. The number of nitrogens with one attached hydrogen (secondary N) is 3. The van der Waals surface area contributed by atoms with Gasteiger partial charge in [0.05, 0.1) is 6.20 Å². The summed E-state index contributed by atoms with van der Waals surface area (Å²) in [4.78, 5) is 15.4. The number of hydrogen-bond donors (Lipinski definition) is 3. The molecule has 2 aromatic rings. The van der Waals surface area contributed by atoms with Gasteiger partial charge in [-0.1, -0.05) is 0 Å². The van der Waals surface area contributed by atoms with Crippen LogP contribution in [0, 0.1) is 5.92 Å². The number of carbonyl (C=O) groups excluding carboxylic acids is 1. The number of nitrogens with zero attached hydrogens (tertiary/aromatic N) is 3. The number of rotatable bonds is 5. The molecule has 1 aromatic heterocycles. The number of anilines is 1. The third kappa shape index (κ3) is 4.90. The van der Waals surface area contributed by atoms with Crippen molar-refractivity contribution in [2.75, 3.05) is 25.5 Å². The Morgan fingerprint density at radius 2 is 1.91 bits per heavy atom. The molecule has 0 bridgehead atoms. The summed E-state index contributed by atoms with van der Waals surface area (Å²) in [6, 6.07) is 7.08. The van der Waals surface area contributed by atoms with Crippen molar-refractivity contribution in [3.8, 4) is 5.75 Å². The fraction of sp³-hybridized carbons (Fsp3) is 0.583. The number of alkyl halides is 1. The van der Waals surface area contributed by atoms with E-state index in [1.807, 2.05) is 37.5 Å². The first-order valence-corrected chi connectivity index (χ1v) is 11.9. The van der Waals surface area contributed by atoms with Gasteiger partial charge in [0.2, 0.25) is 5.91 Å². The lowest BCUT2D eigenvalue weighted by molar-refractivity contribution is -0.119. The Morgan fingerprint density at radius 3 is 2.61 bits per heavy atom. The van der Waals surface area contributed by atoms with E-state index < -0.39 is 12.2 Å². The van der Waals surface area contributed by atoms with E-state index in [9.17, 15) is 9.18 Å². The first kappa shape index (κ1) is 22.3. The maximum absolute atomic E-state index is 14.9. The van der Waals surface area contributed by atoms with Crippen LogP contribution in [0.15, 0.2) is 36.7 Å². The second-order valence-electron chi connectivity index (χ2n) is 9.71.